The summed E-state index contributed by atoms with van der Waals surface area (Å²) in [6.07, 6.45) is 2.14. The highest BCUT2D eigenvalue weighted by Crippen LogP contribution is 2.21. The van der Waals surface area contributed by atoms with Crippen LogP contribution in [-0.4, -0.2) is 18.7 Å². The summed E-state index contributed by atoms with van der Waals surface area (Å²) in [5.74, 6) is 1.18. The zero-order valence-electron chi connectivity index (χ0n) is 8.42. The van der Waals surface area contributed by atoms with E-state index < -0.39 is 0 Å². The fraction of sp³-hybridized carbons (Fsp3) is 0.500. The van der Waals surface area contributed by atoms with Crippen molar-refractivity contribution in [1.29, 1.82) is 0 Å². The number of halogens is 1. The van der Waals surface area contributed by atoms with Crippen LogP contribution in [0.25, 0.3) is 0 Å². The molecule has 0 aliphatic rings. The first-order valence-electron chi connectivity index (χ1n) is 4.60. The van der Waals surface area contributed by atoms with Gasteiger partial charge in [-0.25, -0.2) is 4.98 Å². The van der Waals surface area contributed by atoms with E-state index in [0.717, 1.165) is 12.8 Å². The molecule has 0 atom stereocenters. The lowest BCUT2D eigenvalue weighted by molar-refractivity contribution is 0.305. The molecule has 0 saturated heterocycles. The summed E-state index contributed by atoms with van der Waals surface area (Å²) < 4.78 is 10.4. The van der Waals surface area contributed by atoms with E-state index in [2.05, 4.69) is 11.9 Å². The van der Waals surface area contributed by atoms with E-state index in [4.69, 9.17) is 21.1 Å². The first-order valence-corrected chi connectivity index (χ1v) is 4.98. The molecule has 0 amide bonds. The van der Waals surface area contributed by atoms with Gasteiger partial charge in [-0.05, 0) is 6.42 Å². The van der Waals surface area contributed by atoms with Crippen LogP contribution in [0.3, 0.4) is 0 Å². The average molecular weight is 216 g/mol. The standard InChI is InChI=1S/C10H14ClNO2/c1-3-4-5-14-8-6-9(11)12-10(7-8)13-2/h6-7H,3-5H2,1-2H3. The molecule has 0 aliphatic heterocycles. The van der Waals surface area contributed by atoms with Crippen LogP contribution in [0.2, 0.25) is 5.15 Å². The molecule has 14 heavy (non-hydrogen) atoms. The minimum Gasteiger partial charge on any atom is -0.493 e. The van der Waals surface area contributed by atoms with Gasteiger partial charge in [0.2, 0.25) is 5.88 Å². The van der Waals surface area contributed by atoms with Crippen molar-refractivity contribution < 1.29 is 9.47 Å². The molecular formula is C10H14ClNO2. The Morgan fingerprint density at radius 1 is 1.43 bits per heavy atom. The average Bonchev–Trinajstić information content (AvgIpc) is 2.17. The molecular weight excluding hydrogens is 202 g/mol. The van der Waals surface area contributed by atoms with Crippen molar-refractivity contribution in [3.63, 3.8) is 0 Å². The molecule has 1 aromatic rings. The highest BCUT2D eigenvalue weighted by molar-refractivity contribution is 6.29. The van der Waals surface area contributed by atoms with Gasteiger partial charge in [0.15, 0.2) is 0 Å². The summed E-state index contributed by atoms with van der Waals surface area (Å²) in [5.41, 5.74) is 0. The molecule has 0 fully saturated rings. The molecule has 0 spiro atoms. The van der Waals surface area contributed by atoms with Crippen molar-refractivity contribution in [1.82, 2.24) is 4.98 Å². The van der Waals surface area contributed by atoms with Crippen LogP contribution >= 0.6 is 11.6 Å². The maximum atomic E-state index is 5.77. The Hall–Kier alpha value is -0.960. The van der Waals surface area contributed by atoms with Crippen molar-refractivity contribution in [3.8, 4) is 11.6 Å². The molecule has 0 aliphatic carbocycles. The largest absolute Gasteiger partial charge is 0.493 e. The van der Waals surface area contributed by atoms with Crippen molar-refractivity contribution in [2.24, 2.45) is 0 Å². The minimum absolute atomic E-state index is 0.385. The van der Waals surface area contributed by atoms with Crippen LogP contribution in [0, 0.1) is 0 Å². The number of aromatic nitrogens is 1. The monoisotopic (exact) mass is 215 g/mol. The summed E-state index contributed by atoms with van der Waals surface area (Å²) >= 11 is 5.77. The van der Waals surface area contributed by atoms with Crippen LogP contribution < -0.4 is 9.47 Å². The van der Waals surface area contributed by atoms with Gasteiger partial charge < -0.3 is 9.47 Å². The Kier molecular flexibility index (Phi) is 4.53. The van der Waals surface area contributed by atoms with E-state index in [1.165, 1.54) is 0 Å². The topological polar surface area (TPSA) is 31.4 Å². The van der Waals surface area contributed by atoms with Crippen LogP contribution in [0.1, 0.15) is 19.8 Å². The number of ether oxygens (including phenoxy) is 2. The second kappa shape index (κ2) is 5.70. The zero-order valence-corrected chi connectivity index (χ0v) is 9.17. The van der Waals surface area contributed by atoms with Gasteiger partial charge in [-0.3, -0.25) is 0 Å². The SMILES string of the molecule is CCCCOc1cc(Cl)nc(OC)c1. The van der Waals surface area contributed by atoms with Gasteiger partial charge in [-0.15, -0.1) is 0 Å². The molecule has 1 heterocycles. The molecule has 0 aromatic carbocycles. The summed E-state index contributed by atoms with van der Waals surface area (Å²) in [7, 11) is 1.55. The van der Waals surface area contributed by atoms with Crippen molar-refractivity contribution in [2.45, 2.75) is 19.8 Å². The minimum atomic E-state index is 0.385. The Labute approximate surface area is 89.0 Å². The molecule has 0 N–H and O–H groups in total. The van der Waals surface area contributed by atoms with Gasteiger partial charge in [0.05, 0.1) is 13.7 Å². The maximum Gasteiger partial charge on any atom is 0.218 e. The van der Waals surface area contributed by atoms with Crippen LogP contribution in [0.15, 0.2) is 12.1 Å². The smallest absolute Gasteiger partial charge is 0.218 e. The van der Waals surface area contributed by atoms with Gasteiger partial charge >= 0.3 is 0 Å². The van der Waals surface area contributed by atoms with Gasteiger partial charge in [0.25, 0.3) is 0 Å². The fourth-order valence-corrected chi connectivity index (χ4v) is 1.16. The van der Waals surface area contributed by atoms with Crippen LogP contribution in [0.5, 0.6) is 11.6 Å². The Morgan fingerprint density at radius 3 is 2.86 bits per heavy atom. The summed E-state index contributed by atoms with van der Waals surface area (Å²) in [5, 5.41) is 0.385. The number of rotatable bonds is 5. The second-order valence-electron chi connectivity index (χ2n) is 2.87. The lowest BCUT2D eigenvalue weighted by Gasteiger charge is -2.06. The summed E-state index contributed by atoms with van der Waals surface area (Å²) in [4.78, 5) is 3.94. The Morgan fingerprint density at radius 2 is 2.21 bits per heavy atom. The lowest BCUT2D eigenvalue weighted by Crippen LogP contribution is -1.97. The number of methoxy groups -OCH3 is 1. The van der Waals surface area contributed by atoms with E-state index in [1.807, 2.05) is 0 Å². The Balaban J connectivity index is 2.62. The molecule has 0 saturated carbocycles. The van der Waals surface area contributed by atoms with Gasteiger partial charge in [-0.2, -0.15) is 0 Å². The quantitative estimate of drug-likeness (QED) is 0.559. The summed E-state index contributed by atoms with van der Waals surface area (Å²) in [6.45, 7) is 2.81. The Bertz CT molecular complexity index is 291. The third-order valence-corrected chi connectivity index (χ3v) is 1.91. The number of nitrogens with zero attached hydrogens (tertiary/aromatic N) is 1. The molecule has 1 rings (SSSR count). The molecule has 1 aromatic heterocycles. The summed E-state index contributed by atoms with van der Waals surface area (Å²) in [6, 6.07) is 3.40. The van der Waals surface area contributed by atoms with Gasteiger partial charge in [0, 0.05) is 12.1 Å². The van der Waals surface area contributed by atoms with Crippen molar-refractivity contribution in [3.05, 3.63) is 17.3 Å². The van der Waals surface area contributed by atoms with E-state index in [9.17, 15) is 0 Å². The van der Waals surface area contributed by atoms with Crippen molar-refractivity contribution >= 4 is 11.6 Å². The zero-order chi connectivity index (χ0) is 10.4. The van der Waals surface area contributed by atoms with E-state index >= 15 is 0 Å². The van der Waals surface area contributed by atoms with E-state index in [-0.39, 0.29) is 0 Å². The highest BCUT2D eigenvalue weighted by Gasteiger charge is 2.01. The first kappa shape index (κ1) is 11.1. The molecule has 0 bridgehead atoms. The van der Waals surface area contributed by atoms with Crippen LogP contribution in [-0.2, 0) is 0 Å². The third kappa shape index (κ3) is 3.42. The lowest BCUT2D eigenvalue weighted by atomic mass is 10.3. The predicted molar refractivity (Wildman–Crippen MR) is 56.2 cm³/mol. The number of pyridine rings is 1. The first-order chi connectivity index (χ1) is 6.76. The molecule has 0 radical (unpaired) electrons. The van der Waals surface area contributed by atoms with E-state index in [0.29, 0.717) is 23.4 Å². The predicted octanol–water partition coefficient (Wildman–Crippen LogP) is 2.92. The third-order valence-electron chi connectivity index (χ3n) is 1.72. The molecule has 78 valence electrons. The van der Waals surface area contributed by atoms with Gasteiger partial charge in [0.1, 0.15) is 10.9 Å². The number of hydrogen-bond acceptors (Lipinski definition) is 3. The number of hydrogen-bond donors (Lipinski definition) is 0. The van der Waals surface area contributed by atoms with Gasteiger partial charge in [-0.1, -0.05) is 24.9 Å². The number of unbranched alkanes of at least 4 members (excludes halogenated alkanes) is 1. The normalized spacial score (nSPS) is 9.93. The van der Waals surface area contributed by atoms with Crippen LogP contribution in [0.4, 0.5) is 0 Å². The molecule has 4 heteroatoms. The maximum absolute atomic E-state index is 5.77. The van der Waals surface area contributed by atoms with Crippen molar-refractivity contribution in [2.75, 3.05) is 13.7 Å². The molecule has 0 unspecified atom stereocenters. The fourth-order valence-electron chi connectivity index (χ4n) is 0.973. The molecule has 3 nitrogen and oxygen atoms in total. The second-order valence-corrected chi connectivity index (χ2v) is 3.26. The highest BCUT2D eigenvalue weighted by atomic mass is 35.5. The van der Waals surface area contributed by atoms with E-state index in [1.54, 1.807) is 19.2 Å².